The quantitative estimate of drug-likeness (QED) is 0.562. The van der Waals surface area contributed by atoms with E-state index in [1.807, 2.05) is 54.2 Å². The van der Waals surface area contributed by atoms with Gasteiger partial charge >= 0.3 is 0 Å². The predicted octanol–water partition coefficient (Wildman–Crippen LogP) is 2.78. The fourth-order valence-electron chi connectivity index (χ4n) is 3.62. The van der Waals surface area contributed by atoms with Crippen LogP contribution in [0.15, 0.2) is 37.2 Å². The zero-order chi connectivity index (χ0) is 18.5. The standard InChI is InChI=1S/C19H18N8/c1-12-6-22-27-11-17(14-7-21-25(2)9-14)24-18(19(12)27)15-8-23-26(10-15)16-3-13(4-16)5-20/h6-11,13,16H,3-4H2,1-2H3. The first-order valence-electron chi connectivity index (χ1n) is 8.90. The molecule has 0 bridgehead atoms. The van der Waals surface area contributed by atoms with Crippen LogP contribution in [0.5, 0.6) is 0 Å². The average Bonchev–Trinajstić information content (AvgIpc) is 3.34. The van der Waals surface area contributed by atoms with Crippen molar-refractivity contribution in [2.75, 3.05) is 0 Å². The zero-order valence-corrected chi connectivity index (χ0v) is 15.1. The molecule has 1 aliphatic rings. The molecule has 0 atom stereocenters. The SMILES string of the molecule is Cc1cnn2cc(-c3cnn(C)c3)nc(-c3cnn(C4CC(C#N)C4)c3)c12. The topological polar surface area (TPSA) is 89.6 Å². The van der Waals surface area contributed by atoms with Crippen LogP contribution in [-0.4, -0.2) is 34.2 Å². The number of hydrogen-bond acceptors (Lipinski definition) is 5. The van der Waals surface area contributed by atoms with Crippen LogP contribution >= 0.6 is 0 Å². The summed E-state index contributed by atoms with van der Waals surface area (Å²) in [5.41, 5.74) is 5.61. The highest BCUT2D eigenvalue weighted by molar-refractivity contribution is 5.80. The molecular formula is C19H18N8. The van der Waals surface area contributed by atoms with Crippen molar-refractivity contribution >= 4 is 5.52 Å². The molecule has 0 radical (unpaired) electrons. The second-order valence-electron chi connectivity index (χ2n) is 7.16. The van der Waals surface area contributed by atoms with Crippen LogP contribution in [0.2, 0.25) is 0 Å². The summed E-state index contributed by atoms with van der Waals surface area (Å²) in [4.78, 5) is 4.92. The van der Waals surface area contributed by atoms with Crippen molar-refractivity contribution in [2.45, 2.75) is 25.8 Å². The molecule has 0 saturated heterocycles. The van der Waals surface area contributed by atoms with E-state index in [-0.39, 0.29) is 5.92 Å². The molecule has 8 heteroatoms. The van der Waals surface area contributed by atoms with Gasteiger partial charge in [0, 0.05) is 30.6 Å². The van der Waals surface area contributed by atoms with Crippen LogP contribution in [0, 0.1) is 24.2 Å². The van der Waals surface area contributed by atoms with Crippen molar-refractivity contribution < 1.29 is 0 Å². The highest BCUT2D eigenvalue weighted by atomic mass is 15.3. The number of fused-ring (bicyclic) bond motifs is 1. The molecule has 0 N–H and O–H groups in total. The van der Waals surface area contributed by atoms with Crippen molar-refractivity contribution in [3.05, 3.63) is 42.7 Å². The average molecular weight is 358 g/mol. The second-order valence-corrected chi connectivity index (χ2v) is 7.16. The highest BCUT2D eigenvalue weighted by Crippen LogP contribution is 2.38. The summed E-state index contributed by atoms with van der Waals surface area (Å²) in [6, 6.07) is 2.62. The number of nitrogens with zero attached hydrogens (tertiary/aromatic N) is 8. The molecule has 0 unspecified atom stereocenters. The molecule has 134 valence electrons. The van der Waals surface area contributed by atoms with Gasteiger partial charge in [-0.2, -0.15) is 20.6 Å². The lowest BCUT2D eigenvalue weighted by Crippen LogP contribution is -2.25. The predicted molar refractivity (Wildman–Crippen MR) is 98.5 cm³/mol. The van der Waals surface area contributed by atoms with Gasteiger partial charge in [0.1, 0.15) is 5.69 Å². The Morgan fingerprint density at radius 2 is 1.85 bits per heavy atom. The van der Waals surface area contributed by atoms with Crippen LogP contribution in [-0.2, 0) is 7.05 Å². The van der Waals surface area contributed by atoms with Gasteiger partial charge in [0.05, 0.1) is 54.0 Å². The summed E-state index contributed by atoms with van der Waals surface area (Å²) >= 11 is 0. The van der Waals surface area contributed by atoms with Crippen LogP contribution in [0.4, 0.5) is 0 Å². The monoisotopic (exact) mass is 358 g/mol. The molecule has 4 aromatic heterocycles. The van der Waals surface area contributed by atoms with Crippen molar-refractivity contribution in [3.63, 3.8) is 0 Å². The van der Waals surface area contributed by atoms with E-state index < -0.39 is 0 Å². The molecule has 4 heterocycles. The summed E-state index contributed by atoms with van der Waals surface area (Å²) in [6.07, 6.45) is 13.1. The van der Waals surface area contributed by atoms with Gasteiger partial charge in [0.25, 0.3) is 0 Å². The van der Waals surface area contributed by atoms with Crippen molar-refractivity contribution in [2.24, 2.45) is 13.0 Å². The molecule has 0 amide bonds. The number of hydrogen-bond donors (Lipinski definition) is 0. The van der Waals surface area contributed by atoms with Gasteiger partial charge in [-0.15, -0.1) is 0 Å². The summed E-state index contributed by atoms with van der Waals surface area (Å²) in [7, 11) is 1.89. The maximum Gasteiger partial charge on any atom is 0.100 e. The van der Waals surface area contributed by atoms with Gasteiger partial charge in [0.2, 0.25) is 0 Å². The van der Waals surface area contributed by atoms with E-state index in [2.05, 4.69) is 21.4 Å². The first-order valence-corrected chi connectivity index (χ1v) is 8.90. The molecule has 5 rings (SSSR count). The van der Waals surface area contributed by atoms with E-state index in [0.717, 1.165) is 46.4 Å². The molecule has 1 saturated carbocycles. The summed E-state index contributed by atoms with van der Waals surface area (Å²) in [5, 5.41) is 22.2. The van der Waals surface area contributed by atoms with Gasteiger partial charge in [-0.25, -0.2) is 9.50 Å². The van der Waals surface area contributed by atoms with Gasteiger partial charge in [0.15, 0.2) is 0 Å². The van der Waals surface area contributed by atoms with Crippen molar-refractivity contribution in [1.29, 1.82) is 5.26 Å². The normalized spacial score (nSPS) is 19.1. The third-order valence-corrected chi connectivity index (χ3v) is 5.23. The third-order valence-electron chi connectivity index (χ3n) is 5.23. The fourth-order valence-corrected chi connectivity index (χ4v) is 3.62. The molecule has 1 fully saturated rings. The van der Waals surface area contributed by atoms with E-state index in [1.165, 1.54) is 0 Å². The summed E-state index contributed by atoms with van der Waals surface area (Å²) in [6.45, 7) is 2.03. The Morgan fingerprint density at radius 1 is 1.04 bits per heavy atom. The summed E-state index contributed by atoms with van der Waals surface area (Å²) in [5.74, 6) is 0.151. The molecular weight excluding hydrogens is 340 g/mol. The molecule has 0 aromatic carbocycles. The maximum atomic E-state index is 8.99. The molecule has 0 spiro atoms. The Labute approximate surface area is 155 Å². The number of rotatable bonds is 3. The van der Waals surface area contributed by atoms with Crippen molar-refractivity contribution in [1.82, 2.24) is 34.2 Å². The third kappa shape index (κ3) is 2.51. The second kappa shape index (κ2) is 5.77. The Morgan fingerprint density at radius 3 is 2.59 bits per heavy atom. The fraction of sp³-hybridized carbons (Fsp3) is 0.316. The van der Waals surface area contributed by atoms with Crippen LogP contribution in [0.3, 0.4) is 0 Å². The minimum Gasteiger partial charge on any atom is -0.275 e. The van der Waals surface area contributed by atoms with E-state index >= 15 is 0 Å². The number of nitriles is 1. The molecule has 0 aliphatic heterocycles. The van der Waals surface area contributed by atoms with Crippen LogP contribution in [0.1, 0.15) is 24.4 Å². The lowest BCUT2D eigenvalue weighted by Gasteiger charge is -2.30. The zero-order valence-electron chi connectivity index (χ0n) is 15.1. The minimum absolute atomic E-state index is 0.151. The largest absolute Gasteiger partial charge is 0.275 e. The first-order chi connectivity index (χ1) is 13.1. The van der Waals surface area contributed by atoms with Gasteiger partial charge in [-0.3, -0.25) is 9.36 Å². The lowest BCUT2D eigenvalue weighted by molar-refractivity contribution is 0.230. The van der Waals surface area contributed by atoms with E-state index in [1.54, 1.807) is 10.9 Å². The molecule has 8 nitrogen and oxygen atoms in total. The minimum atomic E-state index is 0.151. The van der Waals surface area contributed by atoms with E-state index in [4.69, 9.17) is 10.2 Å². The highest BCUT2D eigenvalue weighted by Gasteiger charge is 2.31. The smallest absolute Gasteiger partial charge is 0.100 e. The number of aromatic nitrogens is 7. The summed E-state index contributed by atoms with van der Waals surface area (Å²) < 4.78 is 5.59. The first kappa shape index (κ1) is 15.8. The molecule has 1 aliphatic carbocycles. The van der Waals surface area contributed by atoms with Gasteiger partial charge in [-0.1, -0.05) is 0 Å². The van der Waals surface area contributed by atoms with Crippen LogP contribution < -0.4 is 0 Å². The Bertz CT molecular complexity index is 1180. The number of aryl methyl sites for hydroxylation is 2. The maximum absolute atomic E-state index is 8.99. The van der Waals surface area contributed by atoms with E-state index in [9.17, 15) is 0 Å². The van der Waals surface area contributed by atoms with Gasteiger partial charge < -0.3 is 0 Å². The van der Waals surface area contributed by atoms with Crippen molar-refractivity contribution in [3.8, 4) is 28.6 Å². The molecule has 4 aromatic rings. The Balaban J connectivity index is 1.61. The van der Waals surface area contributed by atoms with Crippen LogP contribution in [0.25, 0.3) is 28.0 Å². The Hall–Kier alpha value is -3.47. The van der Waals surface area contributed by atoms with Gasteiger partial charge in [-0.05, 0) is 25.3 Å². The lowest BCUT2D eigenvalue weighted by atomic mass is 9.81. The Kier molecular flexibility index (Phi) is 3.37. The molecule has 27 heavy (non-hydrogen) atoms. The van der Waals surface area contributed by atoms with E-state index in [0.29, 0.717) is 6.04 Å².